The molecule has 172 valence electrons. The van der Waals surface area contributed by atoms with Crippen LogP contribution in [0.15, 0.2) is 88.8 Å². The van der Waals surface area contributed by atoms with Gasteiger partial charge in [-0.25, -0.2) is 13.4 Å². The maximum Gasteiger partial charge on any atom is 0.229 e. The van der Waals surface area contributed by atoms with Crippen molar-refractivity contribution in [3.05, 3.63) is 89.4 Å². The van der Waals surface area contributed by atoms with Gasteiger partial charge in [-0.15, -0.1) is 5.10 Å². The molecule has 2 aromatic heterocycles. The zero-order valence-electron chi connectivity index (χ0n) is 18.4. The lowest BCUT2D eigenvalue weighted by Gasteiger charge is -2.17. The topological polar surface area (TPSA) is 89.2 Å². The molecule has 5 aromatic rings. The van der Waals surface area contributed by atoms with E-state index in [1.54, 1.807) is 36.4 Å². The minimum atomic E-state index is -3.90. The lowest BCUT2D eigenvalue weighted by atomic mass is 10.1. The average Bonchev–Trinajstić information content (AvgIpc) is 3.29. The van der Waals surface area contributed by atoms with E-state index >= 15 is 0 Å². The van der Waals surface area contributed by atoms with Crippen LogP contribution in [0.4, 0.5) is 5.82 Å². The Morgan fingerprint density at radius 1 is 1.00 bits per heavy atom. The van der Waals surface area contributed by atoms with E-state index in [2.05, 4.69) is 39.7 Å². The van der Waals surface area contributed by atoms with Crippen LogP contribution in [0.5, 0.6) is 0 Å². The lowest BCUT2D eigenvalue weighted by Crippen LogP contribution is -2.18. The fraction of sp³-hybridized carbons (Fsp3) is 0.160. The van der Waals surface area contributed by atoms with Crippen molar-refractivity contribution in [1.29, 1.82) is 0 Å². The molecular weight excluding hydrogens is 470 g/mol. The molecular formula is C25H22ClN5O2S. The van der Waals surface area contributed by atoms with Crippen LogP contribution < -0.4 is 5.32 Å². The Labute approximate surface area is 202 Å². The molecule has 0 unspecified atom stereocenters. The first kappa shape index (κ1) is 22.3. The van der Waals surface area contributed by atoms with Gasteiger partial charge in [0.2, 0.25) is 14.9 Å². The lowest BCUT2D eigenvalue weighted by molar-refractivity contribution is 0.592. The quantitative estimate of drug-likeness (QED) is 0.336. The van der Waals surface area contributed by atoms with Gasteiger partial charge in [-0.05, 0) is 55.7 Å². The number of aryl methyl sites for hydroxylation is 1. The van der Waals surface area contributed by atoms with E-state index in [1.165, 1.54) is 22.2 Å². The molecule has 0 saturated carbocycles. The summed E-state index contributed by atoms with van der Waals surface area (Å²) in [6, 6.07) is 23.8. The van der Waals surface area contributed by atoms with Crippen LogP contribution in [0.2, 0.25) is 5.02 Å². The molecule has 3 aromatic carbocycles. The summed E-state index contributed by atoms with van der Waals surface area (Å²) < 4.78 is 28.0. The van der Waals surface area contributed by atoms with Gasteiger partial charge in [-0.2, -0.15) is 4.52 Å². The Morgan fingerprint density at radius 3 is 2.44 bits per heavy atom. The average molecular weight is 492 g/mol. The summed E-state index contributed by atoms with van der Waals surface area (Å²) in [6.07, 6.45) is 1.77. The summed E-state index contributed by atoms with van der Waals surface area (Å²) in [5.41, 5.74) is 2.08. The molecule has 1 N–H and O–H groups in total. The van der Waals surface area contributed by atoms with E-state index in [4.69, 9.17) is 11.6 Å². The summed E-state index contributed by atoms with van der Waals surface area (Å²) >= 11 is 6.28. The largest absolute Gasteiger partial charge is 0.367 e. The first-order chi connectivity index (χ1) is 16.4. The molecule has 7 nitrogen and oxygen atoms in total. The third-order valence-corrected chi connectivity index (χ3v) is 7.58. The fourth-order valence-electron chi connectivity index (χ4n) is 3.90. The summed E-state index contributed by atoms with van der Waals surface area (Å²) in [6.45, 7) is 2.07. The van der Waals surface area contributed by atoms with Crippen LogP contribution in [0.3, 0.4) is 0 Å². The summed E-state index contributed by atoms with van der Waals surface area (Å²) in [5.74, 6) is 0.539. The molecule has 0 aliphatic rings. The molecule has 5 rings (SSSR count). The number of fused-ring (bicyclic) bond motifs is 3. The summed E-state index contributed by atoms with van der Waals surface area (Å²) in [5, 5.41) is 12.7. The Hall–Kier alpha value is -3.49. The fourth-order valence-corrected chi connectivity index (χ4v) is 5.33. The van der Waals surface area contributed by atoms with Crippen LogP contribution in [0.25, 0.3) is 16.6 Å². The first-order valence-corrected chi connectivity index (χ1v) is 12.7. The third kappa shape index (κ3) is 4.22. The number of aromatic nitrogens is 4. The molecule has 0 aliphatic heterocycles. The minimum absolute atomic E-state index is 0.0717. The molecule has 0 saturated heterocycles. The molecule has 0 bridgehead atoms. The second kappa shape index (κ2) is 9.04. The number of nitrogens with one attached hydrogen (secondary N) is 1. The summed E-state index contributed by atoms with van der Waals surface area (Å²) in [7, 11) is -3.90. The normalized spacial score (nSPS) is 12.8. The highest BCUT2D eigenvalue weighted by molar-refractivity contribution is 7.91. The predicted octanol–water partition coefficient (Wildman–Crippen LogP) is 5.20. The van der Waals surface area contributed by atoms with Crippen LogP contribution in [-0.4, -0.2) is 34.3 Å². The zero-order valence-corrected chi connectivity index (χ0v) is 20.0. The molecule has 0 fully saturated rings. The van der Waals surface area contributed by atoms with Gasteiger partial charge in [0.25, 0.3) is 0 Å². The second-order valence-electron chi connectivity index (χ2n) is 8.14. The molecule has 34 heavy (non-hydrogen) atoms. The maximum absolute atomic E-state index is 13.3. The van der Waals surface area contributed by atoms with E-state index in [-0.39, 0.29) is 21.6 Å². The Bertz CT molecular complexity index is 1570. The predicted molar refractivity (Wildman–Crippen MR) is 133 cm³/mol. The van der Waals surface area contributed by atoms with Crippen molar-refractivity contribution in [2.24, 2.45) is 0 Å². The Morgan fingerprint density at radius 2 is 1.71 bits per heavy atom. The van der Waals surface area contributed by atoms with Gasteiger partial charge in [0.1, 0.15) is 5.82 Å². The van der Waals surface area contributed by atoms with Gasteiger partial charge in [-0.3, -0.25) is 0 Å². The Kier molecular flexibility index (Phi) is 5.93. The zero-order chi connectivity index (χ0) is 23.7. The van der Waals surface area contributed by atoms with E-state index in [0.717, 1.165) is 18.2 Å². The number of benzene rings is 3. The molecule has 2 heterocycles. The number of nitrogens with zero attached hydrogens (tertiary/aromatic N) is 4. The van der Waals surface area contributed by atoms with Gasteiger partial charge < -0.3 is 5.32 Å². The number of sulfone groups is 1. The molecule has 1 atom stereocenters. The number of anilines is 1. The van der Waals surface area contributed by atoms with Crippen molar-refractivity contribution >= 4 is 43.8 Å². The van der Waals surface area contributed by atoms with Crippen molar-refractivity contribution in [3.8, 4) is 0 Å². The standard InChI is InChI=1S/C25H22ClN5O2S/c1-17(12-13-18-8-4-2-5-9-18)27-23-21-16-19(26)14-15-22(21)31-24(28-23)25(29-30-31)34(32,33)20-10-6-3-7-11-20/h2-11,14-17H,12-13H2,1H3,(H,27,28)/t17-/m0/s1. The SMILES string of the molecule is C[C@@H](CCc1ccccc1)Nc1nc2c(S(=O)(=O)c3ccccc3)nnn2c2ccc(Cl)cc12. The van der Waals surface area contributed by atoms with Gasteiger partial charge >= 0.3 is 0 Å². The highest BCUT2D eigenvalue weighted by atomic mass is 35.5. The second-order valence-corrected chi connectivity index (χ2v) is 10.4. The van der Waals surface area contributed by atoms with Crippen LogP contribution in [0.1, 0.15) is 18.9 Å². The van der Waals surface area contributed by atoms with Gasteiger partial charge in [0.15, 0.2) is 5.65 Å². The number of hydrogen-bond donors (Lipinski definition) is 1. The van der Waals surface area contributed by atoms with Crippen molar-refractivity contribution < 1.29 is 8.42 Å². The molecule has 0 amide bonds. The minimum Gasteiger partial charge on any atom is -0.367 e. The van der Waals surface area contributed by atoms with E-state index in [9.17, 15) is 8.42 Å². The van der Waals surface area contributed by atoms with Crippen LogP contribution in [0, 0.1) is 0 Å². The first-order valence-electron chi connectivity index (χ1n) is 10.9. The van der Waals surface area contributed by atoms with Crippen molar-refractivity contribution in [2.45, 2.75) is 35.7 Å². The molecule has 0 spiro atoms. The van der Waals surface area contributed by atoms with Gasteiger partial charge in [0.05, 0.1) is 10.4 Å². The van der Waals surface area contributed by atoms with Crippen LogP contribution >= 0.6 is 11.6 Å². The number of hydrogen-bond acceptors (Lipinski definition) is 6. The molecule has 0 radical (unpaired) electrons. The van der Waals surface area contributed by atoms with Gasteiger partial charge in [0, 0.05) is 16.5 Å². The molecule has 0 aliphatic carbocycles. The van der Waals surface area contributed by atoms with E-state index in [1.807, 2.05) is 18.2 Å². The van der Waals surface area contributed by atoms with E-state index in [0.29, 0.717) is 16.4 Å². The summed E-state index contributed by atoms with van der Waals surface area (Å²) in [4.78, 5) is 4.82. The van der Waals surface area contributed by atoms with Crippen LogP contribution in [-0.2, 0) is 16.3 Å². The van der Waals surface area contributed by atoms with Crippen molar-refractivity contribution in [1.82, 2.24) is 19.8 Å². The highest BCUT2D eigenvalue weighted by Crippen LogP contribution is 2.30. The van der Waals surface area contributed by atoms with E-state index < -0.39 is 9.84 Å². The smallest absolute Gasteiger partial charge is 0.229 e. The molecule has 9 heteroatoms. The monoisotopic (exact) mass is 491 g/mol. The highest BCUT2D eigenvalue weighted by Gasteiger charge is 2.27. The maximum atomic E-state index is 13.3. The Balaban J connectivity index is 1.57. The number of halogens is 1. The van der Waals surface area contributed by atoms with Gasteiger partial charge in [-0.1, -0.05) is 65.3 Å². The van der Waals surface area contributed by atoms with Crippen molar-refractivity contribution in [2.75, 3.05) is 5.32 Å². The number of rotatable bonds is 7. The third-order valence-electron chi connectivity index (χ3n) is 5.68. The van der Waals surface area contributed by atoms with Crippen molar-refractivity contribution in [3.63, 3.8) is 0 Å².